The molecular weight excluding hydrogens is 935 g/mol. The molecule has 1 saturated carbocycles. The highest BCUT2D eigenvalue weighted by molar-refractivity contribution is 5.95. The van der Waals surface area contributed by atoms with Crippen LogP contribution in [0.5, 0.6) is 0 Å². The number of rotatable bonds is 18. The van der Waals surface area contributed by atoms with Gasteiger partial charge >= 0.3 is 24.0 Å². The van der Waals surface area contributed by atoms with Crippen LogP contribution in [0.2, 0.25) is 0 Å². The first-order valence-electron chi connectivity index (χ1n) is 23.9. The molecule has 0 radical (unpaired) electrons. The molecule has 2 aliphatic heterocycles. The zero-order valence-electron chi connectivity index (χ0n) is 44.0. The predicted octanol–water partition coefficient (Wildman–Crippen LogP) is -1.00. The van der Waals surface area contributed by atoms with E-state index in [9.17, 15) is 44.4 Å². The van der Waals surface area contributed by atoms with Crippen LogP contribution in [-0.2, 0) is 57.1 Å². The number of ether oxygens (including phenoxy) is 8. The number of amides is 1. The van der Waals surface area contributed by atoms with Crippen LogP contribution in [0.4, 0.5) is 4.79 Å². The molecular formula is C47H85N7O17. The van der Waals surface area contributed by atoms with E-state index in [0.717, 1.165) is 0 Å². The van der Waals surface area contributed by atoms with Crippen LogP contribution < -0.4 is 39.3 Å². The third kappa shape index (κ3) is 14.6. The van der Waals surface area contributed by atoms with Gasteiger partial charge in [-0.15, -0.1) is 0 Å². The Hall–Kier alpha value is -3.63. The van der Waals surface area contributed by atoms with Crippen molar-refractivity contribution in [3.63, 3.8) is 0 Å². The molecule has 1 saturated heterocycles. The molecule has 410 valence electrons. The maximum atomic E-state index is 14.9. The SMILES string of the molecule is CN[C@]1(C(=O)OC(C)(C)C)[C@@H](O)[C@@H](O[C@@H]2[C@@H](O)[C@H](O[C@H]3OC(C(N)CCCCN)=CC[C@]3(N)C(=O)OC(C)(C)C)[C@](N)(C(=O)OC(C)(C)C)C[C@]2(N)C(=O)[C@@H](O)CCNC(=O)OC(C)(C)C)OC[C@]1(C)O. The summed E-state index contributed by atoms with van der Waals surface area (Å²) in [6.45, 7) is 19.3. The molecule has 0 aromatic carbocycles. The summed E-state index contributed by atoms with van der Waals surface area (Å²) in [7, 11) is 1.26. The van der Waals surface area contributed by atoms with Crippen LogP contribution in [0.15, 0.2) is 11.8 Å². The second-order valence-electron chi connectivity index (χ2n) is 23.1. The smallest absolute Gasteiger partial charge is 0.407 e. The lowest BCUT2D eigenvalue weighted by atomic mass is 9.64. The molecule has 1 aliphatic carbocycles. The van der Waals surface area contributed by atoms with E-state index in [1.165, 1.54) is 40.8 Å². The number of nitrogens with one attached hydrogen (secondary N) is 2. The van der Waals surface area contributed by atoms with Crippen molar-refractivity contribution in [3.8, 4) is 0 Å². The molecule has 2 fully saturated rings. The molecule has 24 heteroatoms. The number of carbonyl (C=O) groups is 5. The van der Waals surface area contributed by atoms with Gasteiger partial charge in [-0.3, -0.25) is 4.79 Å². The van der Waals surface area contributed by atoms with E-state index < -0.39 is 149 Å². The second kappa shape index (κ2) is 22.5. The largest absolute Gasteiger partial charge is 0.465 e. The van der Waals surface area contributed by atoms with Crippen molar-refractivity contribution in [3.05, 3.63) is 11.8 Å². The summed E-state index contributed by atoms with van der Waals surface area (Å²) in [5.74, 6) is -4.69. The predicted molar refractivity (Wildman–Crippen MR) is 255 cm³/mol. The molecule has 3 rings (SSSR count). The molecule has 71 heavy (non-hydrogen) atoms. The first-order chi connectivity index (χ1) is 32.1. The van der Waals surface area contributed by atoms with E-state index in [0.29, 0.717) is 25.8 Å². The van der Waals surface area contributed by atoms with Gasteiger partial charge in [-0.25, -0.2) is 19.2 Å². The number of ketones is 1. The fourth-order valence-electron chi connectivity index (χ4n) is 8.53. The first-order valence-corrected chi connectivity index (χ1v) is 23.9. The zero-order chi connectivity index (χ0) is 54.7. The normalized spacial score (nSPS) is 33.6. The van der Waals surface area contributed by atoms with Crippen LogP contribution in [-0.4, -0.2) is 176 Å². The molecule has 1 amide bonds. The van der Waals surface area contributed by atoms with Gasteiger partial charge in [0.25, 0.3) is 0 Å². The fraction of sp³-hybridized carbons (Fsp3) is 0.851. The van der Waals surface area contributed by atoms with Crippen molar-refractivity contribution in [1.29, 1.82) is 0 Å². The average molecular weight is 1020 g/mol. The number of esters is 3. The number of hydrogen-bond acceptors (Lipinski definition) is 23. The van der Waals surface area contributed by atoms with Crippen LogP contribution in [0.25, 0.3) is 0 Å². The van der Waals surface area contributed by atoms with Crippen molar-refractivity contribution in [2.75, 3.05) is 26.7 Å². The molecule has 1 unspecified atom stereocenters. The Kier molecular flexibility index (Phi) is 19.5. The van der Waals surface area contributed by atoms with Gasteiger partial charge in [0.05, 0.1) is 12.6 Å². The number of alkyl carbamates (subject to hydrolysis) is 1. The van der Waals surface area contributed by atoms with Crippen molar-refractivity contribution in [1.82, 2.24) is 10.6 Å². The monoisotopic (exact) mass is 1020 g/mol. The van der Waals surface area contributed by atoms with Gasteiger partial charge in [0.15, 0.2) is 23.2 Å². The summed E-state index contributed by atoms with van der Waals surface area (Å²) in [5, 5.41) is 53.4. The fourth-order valence-corrected chi connectivity index (χ4v) is 8.53. The average Bonchev–Trinajstić information content (AvgIpc) is 3.19. The molecule has 0 spiro atoms. The maximum Gasteiger partial charge on any atom is 0.407 e. The van der Waals surface area contributed by atoms with Gasteiger partial charge in [0, 0.05) is 19.4 Å². The highest BCUT2D eigenvalue weighted by atomic mass is 16.7. The minimum Gasteiger partial charge on any atom is -0.465 e. The number of likely N-dealkylation sites (N-methyl/N-ethyl adjacent to an activating group) is 1. The van der Waals surface area contributed by atoms with E-state index >= 15 is 0 Å². The molecule has 2 heterocycles. The summed E-state index contributed by atoms with van der Waals surface area (Å²) in [6, 6.07) is -0.795. The van der Waals surface area contributed by atoms with Crippen molar-refractivity contribution in [2.24, 2.45) is 28.7 Å². The van der Waals surface area contributed by atoms with Crippen molar-refractivity contribution in [2.45, 2.75) is 228 Å². The highest BCUT2D eigenvalue weighted by Crippen LogP contribution is 2.45. The number of carbonyl (C=O) groups excluding carboxylic acids is 5. The Morgan fingerprint density at radius 1 is 0.775 bits per heavy atom. The first kappa shape index (κ1) is 61.7. The van der Waals surface area contributed by atoms with Crippen LogP contribution >= 0.6 is 0 Å². The molecule has 13 atom stereocenters. The number of unbranched alkanes of at least 4 members (excludes halogenated alkanes) is 1. The van der Waals surface area contributed by atoms with Gasteiger partial charge in [-0.2, -0.15) is 0 Å². The quantitative estimate of drug-likeness (QED) is 0.0445. The molecule has 3 aliphatic rings. The van der Waals surface area contributed by atoms with Crippen LogP contribution in [0.1, 0.15) is 129 Å². The van der Waals surface area contributed by atoms with Gasteiger partial charge in [0.2, 0.25) is 6.29 Å². The van der Waals surface area contributed by atoms with Crippen LogP contribution in [0, 0.1) is 0 Å². The Labute approximate surface area is 417 Å². The van der Waals surface area contributed by atoms with E-state index in [4.69, 9.17) is 66.6 Å². The van der Waals surface area contributed by atoms with Crippen molar-refractivity contribution < 1.29 is 82.3 Å². The molecule has 24 nitrogen and oxygen atoms in total. The number of hydrogen-bond donors (Lipinski definition) is 11. The second-order valence-corrected chi connectivity index (χ2v) is 23.1. The lowest BCUT2D eigenvalue weighted by Gasteiger charge is -2.56. The number of aliphatic hydroxyl groups excluding tert-OH is 3. The number of aliphatic hydroxyl groups is 4. The number of Topliss-reactive ketones (excluding diaryl/α,β-unsaturated/α-hetero) is 1. The highest BCUT2D eigenvalue weighted by Gasteiger charge is 2.70. The van der Waals surface area contributed by atoms with E-state index in [1.54, 1.807) is 62.3 Å². The lowest BCUT2D eigenvalue weighted by Crippen LogP contribution is -2.83. The summed E-state index contributed by atoms with van der Waals surface area (Å²) >= 11 is 0. The summed E-state index contributed by atoms with van der Waals surface area (Å²) in [5.41, 5.74) is 16.4. The van der Waals surface area contributed by atoms with Gasteiger partial charge in [-0.1, -0.05) is 6.42 Å². The summed E-state index contributed by atoms with van der Waals surface area (Å²) in [6.07, 6.45) is -15.0. The Morgan fingerprint density at radius 3 is 1.79 bits per heavy atom. The Balaban J connectivity index is 2.33. The van der Waals surface area contributed by atoms with Gasteiger partial charge < -0.3 is 97.6 Å². The lowest BCUT2D eigenvalue weighted by molar-refractivity contribution is -0.327. The Bertz CT molecular complexity index is 1930. The zero-order valence-corrected chi connectivity index (χ0v) is 44.0. The summed E-state index contributed by atoms with van der Waals surface area (Å²) < 4.78 is 47.3. The van der Waals surface area contributed by atoms with Crippen molar-refractivity contribution >= 4 is 29.8 Å². The van der Waals surface area contributed by atoms with E-state index in [2.05, 4.69) is 10.6 Å². The maximum absolute atomic E-state index is 14.9. The number of nitrogens with two attached hydrogens (primary N) is 5. The van der Waals surface area contributed by atoms with E-state index in [1.807, 2.05) is 0 Å². The van der Waals surface area contributed by atoms with E-state index in [-0.39, 0.29) is 18.7 Å². The molecule has 0 aromatic heterocycles. The molecule has 0 bridgehead atoms. The van der Waals surface area contributed by atoms with Crippen LogP contribution in [0.3, 0.4) is 0 Å². The topological polar surface area (TPSA) is 394 Å². The third-order valence-electron chi connectivity index (χ3n) is 12.0. The van der Waals surface area contributed by atoms with Gasteiger partial charge in [0.1, 0.15) is 75.4 Å². The minimum absolute atomic E-state index is 0.109. The summed E-state index contributed by atoms with van der Waals surface area (Å²) in [4.78, 5) is 70.2. The van der Waals surface area contributed by atoms with Gasteiger partial charge in [-0.05, 0) is 129 Å². The Morgan fingerprint density at radius 2 is 1.28 bits per heavy atom. The third-order valence-corrected chi connectivity index (χ3v) is 12.0. The molecule has 0 aromatic rings. The minimum atomic E-state index is -2.80. The molecule has 16 N–H and O–H groups in total. The standard InChI is InChI=1S/C47H85N7O17/c1-39(2,3)68-34(59)44(50)20-18-27(25(49)17-15-16-21-48)65-37(44)67-32-28(56)31(66-33-30(58)47(53-14,43(13,63)24-64-33)36(61)70-41(7,8)9)45(51,23-46(32,52)35(60)69-40(4,5)6)29(57)26(55)19-22-54-38(62)71-42(10,11)12/h18,25-26,28,30-33,37,53,55-56,58,63H,15-17,19-24,48-52H2,1-14H3,(H,54,62)/t25?,26-,28+,30-,31+,32-,33+,37+,43-,44-,45-,46-,47-/m0/s1.